The average molecular weight is 366 g/mol. The molecule has 2 fully saturated rings. The van der Waals surface area contributed by atoms with Crippen LogP contribution < -0.4 is 4.74 Å². The Morgan fingerprint density at radius 1 is 1.15 bits per heavy atom. The number of hydrogen-bond donors (Lipinski definition) is 0. The van der Waals surface area contributed by atoms with Gasteiger partial charge in [-0.05, 0) is 37.0 Å². The molecule has 1 aromatic rings. The van der Waals surface area contributed by atoms with E-state index in [-0.39, 0.29) is 18.7 Å². The van der Waals surface area contributed by atoms with Crippen LogP contribution >= 0.6 is 0 Å². The molecule has 1 saturated heterocycles. The fourth-order valence-electron chi connectivity index (χ4n) is 3.98. The summed E-state index contributed by atoms with van der Waals surface area (Å²) in [5, 5.41) is 0. The fraction of sp³-hybridized carbons (Fsp3) is 0.650. The first-order valence-corrected chi connectivity index (χ1v) is 9.49. The molecular formula is C20H28F2N2O2. The van der Waals surface area contributed by atoms with Crippen LogP contribution in [0.4, 0.5) is 8.78 Å². The van der Waals surface area contributed by atoms with Crippen LogP contribution in [0.5, 0.6) is 5.75 Å². The SMILES string of the molecule is COc1ccc(CN2CCCN(C(=O)[C@H]3CCCC(F)(F)C3)CC2)cc1. The first kappa shape index (κ1) is 19.1. The first-order valence-electron chi connectivity index (χ1n) is 9.49. The topological polar surface area (TPSA) is 32.8 Å². The van der Waals surface area contributed by atoms with Crippen LogP contribution in [0.2, 0.25) is 0 Å². The van der Waals surface area contributed by atoms with E-state index in [2.05, 4.69) is 17.0 Å². The number of methoxy groups -OCH3 is 1. The second kappa shape index (κ2) is 8.33. The number of carbonyl (C=O) groups is 1. The van der Waals surface area contributed by atoms with Gasteiger partial charge in [-0.25, -0.2) is 8.78 Å². The third-order valence-electron chi connectivity index (χ3n) is 5.45. The Hall–Kier alpha value is -1.69. The highest BCUT2D eigenvalue weighted by Gasteiger charge is 2.40. The molecule has 1 heterocycles. The maximum absolute atomic E-state index is 13.6. The highest BCUT2D eigenvalue weighted by atomic mass is 19.3. The summed E-state index contributed by atoms with van der Waals surface area (Å²) in [6.07, 6.45) is 1.57. The van der Waals surface area contributed by atoms with E-state index in [4.69, 9.17) is 4.74 Å². The molecule has 0 unspecified atom stereocenters. The van der Waals surface area contributed by atoms with E-state index in [1.807, 2.05) is 12.1 Å². The maximum atomic E-state index is 13.6. The van der Waals surface area contributed by atoms with Crippen molar-refractivity contribution in [3.05, 3.63) is 29.8 Å². The molecule has 0 aromatic heterocycles. The number of benzene rings is 1. The van der Waals surface area contributed by atoms with Crippen molar-refractivity contribution in [3.8, 4) is 5.75 Å². The number of alkyl halides is 2. The molecule has 1 aliphatic heterocycles. The van der Waals surface area contributed by atoms with Crippen molar-refractivity contribution < 1.29 is 18.3 Å². The van der Waals surface area contributed by atoms with E-state index < -0.39 is 11.8 Å². The lowest BCUT2D eigenvalue weighted by Crippen LogP contribution is -2.42. The third-order valence-corrected chi connectivity index (χ3v) is 5.45. The van der Waals surface area contributed by atoms with Gasteiger partial charge in [0.25, 0.3) is 0 Å². The second-order valence-electron chi connectivity index (χ2n) is 7.45. The van der Waals surface area contributed by atoms with Gasteiger partial charge in [-0.15, -0.1) is 0 Å². The van der Waals surface area contributed by atoms with Gasteiger partial charge in [0.2, 0.25) is 11.8 Å². The van der Waals surface area contributed by atoms with E-state index in [0.717, 1.165) is 31.8 Å². The lowest BCUT2D eigenvalue weighted by molar-refractivity contribution is -0.142. The van der Waals surface area contributed by atoms with Crippen LogP contribution in [0.15, 0.2) is 24.3 Å². The van der Waals surface area contributed by atoms with E-state index >= 15 is 0 Å². The van der Waals surface area contributed by atoms with Crippen LogP contribution in [-0.4, -0.2) is 54.9 Å². The minimum absolute atomic E-state index is 0.0735. The molecule has 1 amide bonds. The van der Waals surface area contributed by atoms with E-state index in [0.29, 0.717) is 25.9 Å². The van der Waals surface area contributed by atoms with Crippen LogP contribution in [-0.2, 0) is 11.3 Å². The molecule has 0 radical (unpaired) electrons. The van der Waals surface area contributed by atoms with Crippen molar-refractivity contribution in [1.29, 1.82) is 0 Å². The van der Waals surface area contributed by atoms with Gasteiger partial charge in [-0.2, -0.15) is 0 Å². The number of rotatable bonds is 4. The number of carbonyl (C=O) groups excluding carboxylic acids is 1. The lowest BCUT2D eigenvalue weighted by Gasteiger charge is -2.32. The van der Waals surface area contributed by atoms with Gasteiger partial charge in [0, 0.05) is 51.5 Å². The van der Waals surface area contributed by atoms with Crippen LogP contribution in [0, 0.1) is 5.92 Å². The van der Waals surface area contributed by atoms with Crippen molar-refractivity contribution in [2.45, 2.75) is 44.6 Å². The largest absolute Gasteiger partial charge is 0.497 e. The normalized spacial score (nSPS) is 24.1. The number of amides is 1. The molecule has 144 valence electrons. The summed E-state index contributed by atoms with van der Waals surface area (Å²) < 4.78 is 32.4. The monoisotopic (exact) mass is 366 g/mol. The molecule has 0 N–H and O–H groups in total. The summed E-state index contributed by atoms with van der Waals surface area (Å²) >= 11 is 0. The summed E-state index contributed by atoms with van der Waals surface area (Å²) in [5.74, 6) is -2.42. The number of ether oxygens (including phenoxy) is 1. The third kappa shape index (κ3) is 4.93. The van der Waals surface area contributed by atoms with Gasteiger partial charge in [0.1, 0.15) is 5.75 Å². The molecule has 26 heavy (non-hydrogen) atoms. The first-order chi connectivity index (χ1) is 12.5. The fourth-order valence-corrected chi connectivity index (χ4v) is 3.98. The summed E-state index contributed by atoms with van der Waals surface area (Å²) in [6, 6.07) is 8.01. The number of nitrogens with zero attached hydrogens (tertiary/aromatic N) is 2. The molecule has 6 heteroatoms. The molecular weight excluding hydrogens is 338 g/mol. The summed E-state index contributed by atoms with van der Waals surface area (Å²) in [5.41, 5.74) is 1.21. The standard InChI is InChI=1S/C20H28F2N2O2/c1-26-18-7-5-16(6-8-18)15-23-10-3-11-24(13-12-23)19(25)17-4-2-9-20(21,22)14-17/h5-8,17H,2-4,9-15H2,1H3/t17-/m0/s1. The Bertz CT molecular complexity index is 606. The van der Waals surface area contributed by atoms with E-state index in [1.165, 1.54) is 5.56 Å². The zero-order valence-electron chi connectivity index (χ0n) is 15.4. The number of halogens is 2. The maximum Gasteiger partial charge on any atom is 0.248 e. The van der Waals surface area contributed by atoms with Gasteiger partial charge in [-0.1, -0.05) is 12.1 Å². The van der Waals surface area contributed by atoms with Gasteiger partial charge < -0.3 is 9.64 Å². The van der Waals surface area contributed by atoms with Crippen molar-refractivity contribution in [1.82, 2.24) is 9.80 Å². The molecule has 3 rings (SSSR count). The molecule has 0 spiro atoms. The van der Waals surface area contributed by atoms with E-state index in [1.54, 1.807) is 12.0 Å². The van der Waals surface area contributed by atoms with Crippen molar-refractivity contribution in [2.75, 3.05) is 33.3 Å². The van der Waals surface area contributed by atoms with Gasteiger partial charge in [0.15, 0.2) is 0 Å². The lowest BCUT2D eigenvalue weighted by atomic mass is 9.85. The summed E-state index contributed by atoms with van der Waals surface area (Å²) in [7, 11) is 1.65. The minimum Gasteiger partial charge on any atom is -0.497 e. The minimum atomic E-state index is -2.68. The van der Waals surface area contributed by atoms with Crippen LogP contribution in [0.1, 0.15) is 37.7 Å². The predicted octanol–water partition coefficient (Wildman–Crippen LogP) is 3.56. The van der Waals surface area contributed by atoms with Gasteiger partial charge in [-0.3, -0.25) is 9.69 Å². The quantitative estimate of drug-likeness (QED) is 0.817. The number of hydrogen-bond acceptors (Lipinski definition) is 3. The van der Waals surface area contributed by atoms with Gasteiger partial charge >= 0.3 is 0 Å². The summed E-state index contributed by atoms with van der Waals surface area (Å²) in [6.45, 7) is 3.81. The molecule has 4 nitrogen and oxygen atoms in total. The molecule has 1 aliphatic carbocycles. The zero-order chi connectivity index (χ0) is 18.6. The molecule has 1 saturated carbocycles. The zero-order valence-corrected chi connectivity index (χ0v) is 15.4. The molecule has 0 bridgehead atoms. The van der Waals surface area contributed by atoms with E-state index in [9.17, 15) is 13.6 Å². The highest BCUT2D eigenvalue weighted by Crippen LogP contribution is 2.37. The van der Waals surface area contributed by atoms with Gasteiger partial charge in [0.05, 0.1) is 7.11 Å². The molecule has 1 aromatic carbocycles. The predicted molar refractivity (Wildman–Crippen MR) is 96.4 cm³/mol. The van der Waals surface area contributed by atoms with Crippen molar-refractivity contribution in [2.24, 2.45) is 5.92 Å². The van der Waals surface area contributed by atoms with Crippen LogP contribution in [0.3, 0.4) is 0 Å². The average Bonchev–Trinajstić information content (AvgIpc) is 2.86. The Kier molecular flexibility index (Phi) is 6.12. The Labute approximate surface area is 154 Å². The van der Waals surface area contributed by atoms with Crippen molar-refractivity contribution >= 4 is 5.91 Å². The van der Waals surface area contributed by atoms with Crippen molar-refractivity contribution in [3.63, 3.8) is 0 Å². The highest BCUT2D eigenvalue weighted by molar-refractivity contribution is 5.79. The Balaban J connectivity index is 1.53. The Morgan fingerprint density at radius 3 is 2.62 bits per heavy atom. The second-order valence-corrected chi connectivity index (χ2v) is 7.45. The van der Waals surface area contributed by atoms with Crippen LogP contribution in [0.25, 0.3) is 0 Å². The molecule has 1 atom stereocenters. The Morgan fingerprint density at radius 2 is 1.92 bits per heavy atom. The summed E-state index contributed by atoms with van der Waals surface area (Å²) in [4.78, 5) is 16.8. The smallest absolute Gasteiger partial charge is 0.248 e. The molecule has 2 aliphatic rings.